The molecule has 3 heterocycles. The highest BCUT2D eigenvalue weighted by Crippen LogP contribution is 2.26. The third-order valence-corrected chi connectivity index (χ3v) is 8.32. The van der Waals surface area contributed by atoms with Gasteiger partial charge in [-0.3, -0.25) is 0 Å². The summed E-state index contributed by atoms with van der Waals surface area (Å²) < 4.78 is 55.6. The number of hydrogen-bond donors (Lipinski definition) is 6. The molecule has 0 aliphatic rings. The van der Waals surface area contributed by atoms with Crippen LogP contribution in [0.3, 0.4) is 0 Å². The molecule has 6 aromatic rings. The second-order valence-electron chi connectivity index (χ2n) is 11.4. The van der Waals surface area contributed by atoms with Gasteiger partial charge in [-0.1, -0.05) is 12.1 Å². The summed E-state index contributed by atoms with van der Waals surface area (Å²) in [5, 5.41) is 37.9. The predicted octanol–water partition coefficient (Wildman–Crippen LogP) is 9.17. The highest BCUT2D eigenvalue weighted by atomic mass is 79.9. The zero-order chi connectivity index (χ0) is 40.6. The van der Waals surface area contributed by atoms with E-state index in [0.717, 1.165) is 17.1 Å². The van der Waals surface area contributed by atoms with Crippen LogP contribution in [0.15, 0.2) is 106 Å². The minimum absolute atomic E-state index is 0.0500. The van der Waals surface area contributed by atoms with Gasteiger partial charge < -0.3 is 45.5 Å². The first-order valence-electron chi connectivity index (χ1n) is 16.4. The largest absolute Gasteiger partial charge is 0.508 e. The Labute approximate surface area is 337 Å². The molecule has 56 heavy (non-hydrogen) atoms. The van der Waals surface area contributed by atoms with Crippen molar-refractivity contribution in [1.82, 2.24) is 15.0 Å². The van der Waals surface area contributed by atoms with E-state index in [-0.39, 0.29) is 28.9 Å². The number of rotatable bonds is 12. The molecule has 0 radical (unpaired) electrons. The standard InChI is InChI=1S/2C13H12BrFN2O2.C13H13FN2O2/c1-19-13-6-10(5-12(14)17-13)16-7-8-4-9(15)2-3-11(8)18;1-19-12-6-9(5-11(14)17-12)16-7-8-3-2-4-10(15)13(8)18;1-18-13-7-11(4-5-15-13)16-8-9-6-10(14)2-3-12(9)17/h2*2-6,18H,7H2,1H3,(H,16,17);2-7,17H,8H2,1H3,(H,15,16). The summed E-state index contributed by atoms with van der Waals surface area (Å²) >= 11 is 6.53. The fourth-order valence-electron chi connectivity index (χ4n) is 4.68. The van der Waals surface area contributed by atoms with Crippen molar-refractivity contribution in [1.29, 1.82) is 0 Å². The number of para-hydroxylation sites is 1. The average Bonchev–Trinajstić information content (AvgIpc) is 3.19. The fraction of sp³-hybridized carbons (Fsp3) is 0.154. The molecule has 17 heteroatoms. The SMILES string of the molecule is COc1cc(NCc2cc(F)ccc2O)cc(Br)n1.COc1cc(NCc2cc(F)ccc2O)ccn1.COc1cc(NCc2cccc(F)c2O)cc(Br)n1. The number of nitrogens with zero attached hydrogens (tertiary/aromatic N) is 3. The molecule has 0 spiro atoms. The van der Waals surface area contributed by atoms with E-state index in [1.54, 1.807) is 54.7 Å². The van der Waals surface area contributed by atoms with E-state index >= 15 is 0 Å². The Bertz CT molecular complexity index is 2170. The number of nitrogens with one attached hydrogen (secondary N) is 3. The number of aromatic nitrogens is 3. The molecular weight excluding hydrogens is 865 g/mol. The molecule has 6 rings (SSSR count). The zero-order valence-electron chi connectivity index (χ0n) is 30.2. The van der Waals surface area contributed by atoms with Crippen molar-refractivity contribution in [3.63, 3.8) is 0 Å². The predicted molar refractivity (Wildman–Crippen MR) is 214 cm³/mol. The molecule has 3 aromatic heterocycles. The Morgan fingerprint density at radius 2 is 1.02 bits per heavy atom. The van der Waals surface area contributed by atoms with Crippen LogP contribution in [0, 0.1) is 17.5 Å². The van der Waals surface area contributed by atoms with Gasteiger partial charge in [-0.15, -0.1) is 0 Å². The van der Waals surface area contributed by atoms with Crippen LogP contribution in [0.1, 0.15) is 16.7 Å². The molecule has 0 bridgehead atoms. The summed E-state index contributed by atoms with van der Waals surface area (Å²) in [6.45, 7) is 0.906. The van der Waals surface area contributed by atoms with Crippen molar-refractivity contribution in [2.45, 2.75) is 19.6 Å². The molecular formula is C39H37Br2F3N6O6. The Kier molecular flexibility index (Phi) is 16.2. The number of aromatic hydroxyl groups is 3. The number of hydrogen-bond acceptors (Lipinski definition) is 12. The summed E-state index contributed by atoms with van der Waals surface area (Å²) in [6.07, 6.45) is 1.60. The molecule has 6 N–H and O–H groups in total. The highest BCUT2D eigenvalue weighted by molar-refractivity contribution is 9.10. The molecule has 294 valence electrons. The van der Waals surface area contributed by atoms with Gasteiger partial charge in [0.2, 0.25) is 17.6 Å². The third-order valence-electron chi connectivity index (χ3n) is 7.51. The van der Waals surface area contributed by atoms with Gasteiger partial charge >= 0.3 is 0 Å². The number of anilines is 3. The van der Waals surface area contributed by atoms with E-state index in [1.807, 2.05) is 0 Å². The van der Waals surface area contributed by atoms with E-state index in [2.05, 4.69) is 62.8 Å². The lowest BCUT2D eigenvalue weighted by Gasteiger charge is -2.10. The van der Waals surface area contributed by atoms with E-state index in [4.69, 9.17) is 14.2 Å². The van der Waals surface area contributed by atoms with Crippen molar-refractivity contribution in [3.8, 4) is 34.9 Å². The van der Waals surface area contributed by atoms with Gasteiger partial charge in [0.25, 0.3) is 0 Å². The maximum Gasteiger partial charge on any atom is 0.216 e. The summed E-state index contributed by atoms with van der Waals surface area (Å²) in [4.78, 5) is 12.1. The van der Waals surface area contributed by atoms with Crippen LogP contribution >= 0.6 is 31.9 Å². The Hall–Kier alpha value is -5.94. The molecule has 0 unspecified atom stereocenters. The number of ether oxygens (including phenoxy) is 3. The molecule has 0 atom stereocenters. The number of halogens is 5. The van der Waals surface area contributed by atoms with Crippen molar-refractivity contribution < 1.29 is 42.7 Å². The van der Waals surface area contributed by atoms with Gasteiger partial charge in [-0.05, 0) is 92.5 Å². The van der Waals surface area contributed by atoms with Gasteiger partial charge in [0.15, 0.2) is 11.6 Å². The number of pyridine rings is 3. The quantitative estimate of drug-likeness (QED) is 0.0647. The maximum absolute atomic E-state index is 13.2. The molecule has 3 aromatic carbocycles. The molecule has 0 fully saturated rings. The van der Waals surface area contributed by atoms with Gasteiger partial charge in [0.1, 0.15) is 32.3 Å². The first-order valence-corrected chi connectivity index (χ1v) is 18.0. The summed E-state index contributed by atoms with van der Waals surface area (Å²) in [5.74, 6) is -0.217. The van der Waals surface area contributed by atoms with Crippen LogP contribution in [0.4, 0.5) is 30.2 Å². The van der Waals surface area contributed by atoms with Crippen LogP contribution in [0.2, 0.25) is 0 Å². The number of methoxy groups -OCH3 is 3. The monoisotopic (exact) mass is 900 g/mol. The maximum atomic E-state index is 13.2. The van der Waals surface area contributed by atoms with Crippen LogP contribution in [-0.4, -0.2) is 51.6 Å². The van der Waals surface area contributed by atoms with Crippen molar-refractivity contribution in [3.05, 3.63) is 141 Å². The van der Waals surface area contributed by atoms with Gasteiger partial charge in [-0.2, -0.15) is 0 Å². The molecule has 0 amide bonds. The fourth-order valence-corrected chi connectivity index (χ4v) is 5.52. The van der Waals surface area contributed by atoms with Crippen LogP contribution < -0.4 is 30.2 Å². The Morgan fingerprint density at radius 3 is 1.52 bits per heavy atom. The number of benzene rings is 3. The molecule has 0 aliphatic heterocycles. The van der Waals surface area contributed by atoms with E-state index < -0.39 is 5.82 Å². The van der Waals surface area contributed by atoms with Gasteiger partial charge in [0, 0.05) is 77.8 Å². The lowest BCUT2D eigenvalue weighted by Crippen LogP contribution is -2.01. The van der Waals surface area contributed by atoms with E-state index in [1.165, 1.54) is 63.8 Å². The molecule has 0 saturated carbocycles. The molecule has 12 nitrogen and oxygen atoms in total. The normalized spacial score (nSPS) is 10.2. The number of phenolic OH excluding ortho intramolecular Hbond substituents is 3. The lowest BCUT2D eigenvalue weighted by atomic mass is 10.2. The minimum atomic E-state index is -0.632. The van der Waals surface area contributed by atoms with E-state index in [0.29, 0.717) is 63.2 Å². The van der Waals surface area contributed by atoms with Gasteiger partial charge in [-0.25, -0.2) is 28.1 Å². The van der Waals surface area contributed by atoms with Crippen molar-refractivity contribution in [2.24, 2.45) is 0 Å². The first-order chi connectivity index (χ1) is 26.9. The van der Waals surface area contributed by atoms with Crippen LogP contribution in [-0.2, 0) is 19.6 Å². The summed E-state index contributed by atoms with van der Waals surface area (Å²) in [6, 6.07) is 22.5. The van der Waals surface area contributed by atoms with Crippen LogP contribution in [0.25, 0.3) is 0 Å². The lowest BCUT2D eigenvalue weighted by molar-refractivity contribution is 0.397. The highest BCUT2D eigenvalue weighted by Gasteiger charge is 2.08. The van der Waals surface area contributed by atoms with Crippen LogP contribution in [0.5, 0.6) is 34.9 Å². The Morgan fingerprint density at radius 1 is 0.554 bits per heavy atom. The van der Waals surface area contributed by atoms with E-state index in [9.17, 15) is 28.5 Å². The van der Waals surface area contributed by atoms with Crippen molar-refractivity contribution >= 4 is 48.9 Å². The smallest absolute Gasteiger partial charge is 0.216 e. The summed E-state index contributed by atoms with van der Waals surface area (Å²) in [5.41, 5.74) is 3.74. The topological polar surface area (TPSA) is 163 Å². The minimum Gasteiger partial charge on any atom is -0.508 e. The molecule has 0 aliphatic carbocycles. The van der Waals surface area contributed by atoms with Gasteiger partial charge in [0.05, 0.1) is 21.3 Å². The zero-order valence-corrected chi connectivity index (χ0v) is 33.3. The first kappa shape index (κ1) is 42.8. The second kappa shape index (κ2) is 21.2. The summed E-state index contributed by atoms with van der Waals surface area (Å²) in [7, 11) is 4.58. The average molecular weight is 903 g/mol. The number of phenols is 3. The Balaban J connectivity index is 0.000000187. The third kappa shape index (κ3) is 13.4. The molecule has 0 saturated heterocycles. The van der Waals surface area contributed by atoms with Crippen molar-refractivity contribution in [2.75, 3.05) is 37.3 Å². The second-order valence-corrected chi connectivity index (χ2v) is 13.0.